The number of H-pyrrole nitrogens is 2. The summed E-state index contributed by atoms with van der Waals surface area (Å²) in [5, 5.41) is 7.40. The Hall–Kier alpha value is -2.53. The van der Waals surface area contributed by atoms with Crippen molar-refractivity contribution >= 4 is 17.4 Å². The van der Waals surface area contributed by atoms with Gasteiger partial charge in [0, 0.05) is 23.5 Å². The largest absolute Gasteiger partial charge is 0.382 e. The number of nitrogens with two attached hydrogens (primary N) is 1. The fraction of sp³-hybridized carbons (Fsp3) is 0. The van der Waals surface area contributed by atoms with Crippen molar-refractivity contribution in [1.29, 1.82) is 0 Å². The number of pyridine rings is 1. The first-order valence-electron chi connectivity index (χ1n) is 5.94. The van der Waals surface area contributed by atoms with Crippen molar-refractivity contribution in [3.05, 3.63) is 58.0 Å². The molecule has 4 N–H and O–H groups in total. The highest BCUT2D eigenvalue weighted by molar-refractivity contribution is 6.30. The first-order chi connectivity index (χ1) is 9.66. The topological polar surface area (TPSA) is 87.6 Å². The average Bonchev–Trinajstić information content (AvgIpc) is 2.81. The van der Waals surface area contributed by atoms with Crippen LogP contribution in [-0.2, 0) is 0 Å². The zero-order valence-electron chi connectivity index (χ0n) is 10.4. The minimum atomic E-state index is -0.115. The first-order valence-corrected chi connectivity index (χ1v) is 6.32. The Morgan fingerprint density at radius 3 is 2.85 bits per heavy atom. The Morgan fingerprint density at radius 2 is 2.10 bits per heavy atom. The lowest BCUT2D eigenvalue weighted by Gasteiger charge is -2.04. The maximum absolute atomic E-state index is 11.9. The monoisotopic (exact) mass is 286 g/mol. The quantitative estimate of drug-likeness (QED) is 0.677. The smallest absolute Gasteiger partial charge is 0.190 e. The third-order valence-electron chi connectivity index (χ3n) is 3.00. The van der Waals surface area contributed by atoms with Crippen molar-refractivity contribution < 1.29 is 0 Å². The number of aromatic amines is 2. The van der Waals surface area contributed by atoms with Crippen molar-refractivity contribution in [2.75, 3.05) is 5.73 Å². The van der Waals surface area contributed by atoms with Gasteiger partial charge in [-0.3, -0.25) is 9.89 Å². The van der Waals surface area contributed by atoms with Crippen molar-refractivity contribution in [2.45, 2.75) is 0 Å². The number of hydrogen-bond acceptors (Lipinski definition) is 3. The molecule has 0 spiro atoms. The highest BCUT2D eigenvalue weighted by Gasteiger charge is 2.16. The van der Waals surface area contributed by atoms with Crippen LogP contribution in [0.2, 0.25) is 5.02 Å². The molecule has 0 amide bonds. The molecular formula is C14H11ClN4O. The normalized spacial score (nSPS) is 10.7. The molecule has 0 aliphatic carbocycles. The molecule has 100 valence electrons. The Morgan fingerprint density at radius 1 is 1.25 bits per heavy atom. The van der Waals surface area contributed by atoms with E-state index >= 15 is 0 Å². The number of nitrogens with zero attached hydrogens (tertiary/aromatic N) is 1. The zero-order valence-corrected chi connectivity index (χ0v) is 11.1. The summed E-state index contributed by atoms with van der Waals surface area (Å²) in [6.45, 7) is 0. The van der Waals surface area contributed by atoms with E-state index in [4.69, 9.17) is 17.3 Å². The third kappa shape index (κ3) is 2.08. The minimum absolute atomic E-state index is 0.115. The second-order valence-corrected chi connectivity index (χ2v) is 4.73. The van der Waals surface area contributed by atoms with Crippen LogP contribution in [0.5, 0.6) is 0 Å². The van der Waals surface area contributed by atoms with Gasteiger partial charge in [0.25, 0.3) is 0 Å². The molecule has 0 saturated carbocycles. The number of anilines is 1. The zero-order chi connectivity index (χ0) is 14.1. The molecule has 5 nitrogen and oxygen atoms in total. The molecule has 0 aliphatic rings. The Kier molecular flexibility index (Phi) is 3.04. The van der Waals surface area contributed by atoms with Gasteiger partial charge in [-0.2, -0.15) is 5.10 Å². The molecule has 0 saturated heterocycles. The lowest BCUT2D eigenvalue weighted by molar-refractivity contribution is 1.10. The summed E-state index contributed by atoms with van der Waals surface area (Å²) >= 11 is 6.00. The summed E-state index contributed by atoms with van der Waals surface area (Å²) in [5.41, 5.74) is 8.33. The minimum Gasteiger partial charge on any atom is -0.382 e. The van der Waals surface area contributed by atoms with Crippen LogP contribution in [0.25, 0.3) is 22.4 Å². The Labute approximate surface area is 119 Å². The van der Waals surface area contributed by atoms with Crippen molar-refractivity contribution in [2.24, 2.45) is 0 Å². The molecule has 2 heterocycles. The molecule has 0 atom stereocenters. The summed E-state index contributed by atoms with van der Waals surface area (Å²) < 4.78 is 0. The van der Waals surface area contributed by atoms with Gasteiger partial charge >= 0.3 is 0 Å². The lowest BCUT2D eigenvalue weighted by Crippen LogP contribution is -2.03. The molecule has 6 heteroatoms. The number of halogens is 1. The molecule has 0 bridgehead atoms. The summed E-state index contributed by atoms with van der Waals surface area (Å²) in [6.07, 6.45) is 3.19. The van der Waals surface area contributed by atoms with Crippen LogP contribution >= 0.6 is 11.6 Å². The van der Waals surface area contributed by atoms with E-state index in [1.165, 1.54) is 6.07 Å². The van der Waals surface area contributed by atoms with Gasteiger partial charge in [-0.05, 0) is 17.7 Å². The number of nitrogens with one attached hydrogen (secondary N) is 2. The van der Waals surface area contributed by atoms with Gasteiger partial charge in [0.05, 0.1) is 16.8 Å². The highest BCUT2D eigenvalue weighted by Crippen LogP contribution is 2.34. The van der Waals surface area contributed by atoms with Crippen LogP contribution < -0.4 is 11.2 Å². The molecular weight excluding hydrogens is 276 g/mol. The second kappa shape index (κ2) is 4.86. The predicted molar refractivity (Wildman–Crippen MR) is 79.5 cm³/mol. The molecule has 3 aromatic rings. The van der Waals surface area contributed by atoms with Gasteiger partial charge in [0.1, 0.15) is 0 Å². The molecule has 3 rings (SSSR count). The number of hydrogen-bond donors (Lipinski definition) is 3. The summed E-state index contributed by atoms with van der Waals surface area (Å²) in [4.78, 5) is 14.8. The summed E-state index contributed by atoms with van der Waals surface area (Å²) in [6, 6.07) is 8.70. The molecule has 0 unspecified atom stereocenters. The predicted octanol–water partition coefficient (Wildman–Crippen LogP) is 2.67. The second-order valence-electron chi connectivity index (χ2n) is 4.29. The van der Waals surface area contributed by atoms with Crippen LogP contribution in [0.3, 0.4) is 0 Å². The fourth-order valence-electron chi connectivity index (χ4n) is 2.10. The summed E-state index contributed by atoms with van der Waals surface area (Å²) in [5.74, 6) is 0.325. The highest BCUT2D eigenvalue weighted by atomic mass is 35.5. The van der Waals surface area contributed by atoms with Gasteiger partial charge in [-0.1, -0.05) is 23.7 Å². The van der Waals surface area contributed by atoms with Crippen LogP contribution in [-0.4, -0.2) is 15.2 Å². The van der Waals surface area contributed by atoms with Crippen LogP contribution in [0, 0.1) is 0 Å². The van der Waals surface area contributed by atoms with Crippen LogP contribution in [0.1, 0.15) is 0 Å². The van der Waals surface area contributed by atoms with Crippen LogP contribution in [0.4, 0.5) is 5.82 Å². The van der Waals surface area contributed by atoms with E-state index < -0.39 is 0 Å². The molecule has 0 radical (unpaired) electrons. The molecule has 0 fully saturated rings. The third-order valence-corrected chi connectivity index (χ3v) is 3.24. The number of rotatable bonds is 2. The number of benzene rings is 1. The standard InChI is InChI=1S/C14H11ClN4O/c15-9-3-1-2-8(6-9)12-13(18-19-14(12)16)10-7-17-5-4-11(10)20/h1-7H,(H,17,20)(H3,16,18,19). The molecule has 0 aliphatic heterocycles. The van der Waals surface area contributed by atoms with Gasteiger partial charge in [-0.25, -0.2) is 0 Å². The van der Waals surface area contributed by atoms with E-state index in [0.717, 1.165) is 5.56 Å². The molecule has 1 aromatic carbocycles. The maximum Gasteiger partial charge on any atom is 0.190 e. The Bertz CT molecular complexity index is 822. The van der Waals surface area contributed by atoms with Gasteiger partial charge < -0.3 is 10.7 Å². The molecule has 2 aromatic heterocycles. The van der Waals surface area contributed by atoms with Crippen molar-refractivity contribution in [3.63, 3.8) is 0 Å². The molecule has 20 heavy (non-hydrogen) atoms. The SMILES string of the molecule is Nc1n[nH]c(-c2c[nH]ccc2=O)c1-c1cccc(Cl)c1. The maximum atomic E-state index is 11.9. The van der Waals surface area contributed by atoms with E-state index in [0.29, 0.717) is 27.7 Å². The fourth-order valence-corrected chi connectivity index (χ4v) is 2.29. The Balaban J connectivity index is 2.26. The first kappa shape index (κ1) is 12.5. The van der Waals surface area contributed by atoms with Crippen molar-refractivity contribution in [1.82, 2.24) is 15.2 Å². The van der Waals surface area contributed by atoms with Crippen LogP contribution in [0.15, 0.2) is 47.5 Å². The lowest BCUT2D eigenvalue weighted by atomic mass is 10.0. The average molecular weight is 287 g/mol. The summed E-state index contributed by atoms with van der Waals surface area (Å²) in [7, 11) is 0. The number of nitrogen functional groups attached to an aromatic ring is 1. The van der Waals surface area contributed by atoms with Gasteiger partial charge in [0.2, 0.25) is 0 Å². The van der Waals surface area contributed by atoms with Gasteiger partial charge in [0.15, 0.2) is 11.2 Å². The van der Waals surface area contributed by atoms with E-state index in [1.54, 1.807) is 24.5 Å². The van der Waals surface area contributed by atoms with E-state index in [1.807, 2.05) is 12.1 Å². The van der Waals surface area contributed by atoms with Gasteiger partial charge in [-0.15, -0.1) is 0 Å². The number of aromatic nitrogens is 3. The van der Waals surface area contributed by atoms with E-state index in [-0.39, 0.29) is 5.43 Å². The van der Waals surface area contributed by atoms with Crippen molar-refractivity contribution in [3.8, 4) is 22.4 Å². The van der Waals surface area contributed by atoms with E-state index in [9.17, 15) is 4.79 Å². The van der Waals surface area contributed by atoms with E-state index in [2.05, 4.69) is 15.2 Å².